The third kappa shape index (κ3) is 4.20. The van der Waals surface area contributed by atoms with Crippen LogP contribution >= 0.6 is 27.5 Å². The maximum absolute atomic E-state index is 14.1. The monoisotopic (exact) mass is 648 g/mol. The van der Waals surface area contributed by atoms with Crippen molar-refractivity contribution in [3.8, 4) is 5.75 Å². The number of aromatic hydroxyl groups is 1. The Morgan fingerprint density at radius 1 is 0.929 bits per heavy atom. The normalized spacial score (nSPS) is 27.5. The number of nitrogens with zero attached hydrogens (tertiary/aromatic N) is 2. The van der Waals surface area contributed by atoms with Gasteiger partial charge in [-0.25, -0.2) is 0 Å². The van der Waals surface area contributed by atoms with Crippen LogP contribution in [0.4, 0.5) is 11.4 Å². The number of fused-ring (bicyclic) bond motifs is 3. The fourth-order valence-electron chi connectivity index (χ4n) is 7.21. The van der Waals surface area contributed by atoms with Crippen molar-refractivity contribution in [3.63, 3.8) is 0 Å². The molecule has 2 aromatic carbocycles. The Hall–Kier alpha value is -3.53. The van der Waals surface area contributed by atoms with E-state index in [2.05, 4.69) is 20.8 Å². The third-order valence-electron chi connectivity index (χ3n) is 9.12. The molecule has 2 aromatic rings. The standard InChI is InChI=1S/C32H26BrClN2O6/c33-24-15-26(38)29-23(30(24)39)14-21-19(27(29)22-13-16(34)1-8-25(22)37)6-7-20-28(21)32(41)36(31(20)40)18-4-2-17(3-5-18)35-9-11-42-12-10-35/h1-6,8,13,15,20-21,27-28,37H,7,9-12,14H2. The molecule has 1 N–H and O–H groups in total. The number of ether oxygens (including phenoxy) is 1. The van der Waals surface area contributed by atoms with Crippen molar-refractivity contribution < 1.29 is 29.0 Å². The van der Waals surface area contributed by atoms with Gasteiger partial charge in [-0.1, -0.05) is 23.3 Å². The topological polar surface area (TPSA) is 104 Å². The minimum Gasteiger partial charge on any atom is -0.508 e. The summed E-state index contributed by atoms with van der Waals surface area (Å²) in [5.74, 6) is -3.88. The van der Waals surface area contributed by atoms with Crippen LogP contribution in [0.3, 0.4) is 0 Å². The Balaban J connectivity index is 1.28. The first kappa shape index (κ1) is 27.3. The van der Waals surface area contributed by atoms with Crippen molar-refractivity contribution in [3.05, 3.63) is 86.4 Å². The van der Waals surface area contributed by atoms with Crippen LogP contribution in [0.25, 0.3) is 0 Å². The first-order valence-electron chi connectivity index (χ1n) is 13.9. The van der Waals surface area contributed by atoms with E-state index >= 15 is 0 Å². The first-order chi connectivity index (χ1) is 20.2. The van der Waals surface area contributed by atoms with E-state index in [1.165, 1.54) is 17.0 Å². The van der Waals surface area contributed by atoms with Gasteiger partial charge in [-0.3, -0.25) is 24.1 Å². The number of carbonyl (C=O) groups excluding carboxylic acids is 4. The summed E-state index contributed by atoms with van der Waals surface area (Å²) in [5, 5.41) is 11.3. The van der Waals surface area contributed by atoms with Gasteiger partial charge in [0.15, 0.2) is 11.6 Å². The Labute approximate surface area is 255 Å². The van der Waals surface area contributed by atoms with Crippen LogP contribution in [0.2, 0.25) is 5.02 Å². The van der Waals surface area contributed by atoms with E-state index in [1.807, 2.05) is 18.2 Å². The Morgan fingerprint density at radius 2 is 1.64 bits per heavy atom. The van der Waals surface area contributed by atoms with E-state index in [-0.39, 0.29) is 45.6 Å². The lowest BCUT2D eigenvalue weighted by atomic mass is 9.59. The molecule has 0 radical (unpaired) electrons. The average Bonchev–Trinajstić information content (AvgIpc) is 3.26. The minimum absolute atomic E-state index is 0.0652. The molecule has 5 aliphatic rings. The van der Waals surface area contributed by atoms with E-state index in [9.17, 15) is 24.3 Å². The molecule has 4 unspecified atom stereocenters. The van der Waals surface area contributed by atoms with Gasteiger partial charge in [-0.05, 0) is 77.2 Å². The van der Waals surface area contributed by atoms with Crippen LogP contribution in [0.5, 0.6) is 5.75 Å². The number of phenolic OH excluding ortho intramolecular Hbond substituents is 1. The lowest BCUT2D eigenvalue weighted by molar-refractivity contribution is -0.123. The SMILES string of the molecule is O=C1C=C(Br)C(=O)C2=C1C(c1cc(Cl)ccc1O)C1=CCC3C(=O)N(c4ccc(N5CCOCC5)cc4)C(=O)C3C1C2. The maximum Gasteiger partial charge on any atom is 0.238 e. The molecule has 2 aliphatic heterocycles. The molecule has 2 saturated heterocycles. The minimum atomic E-state index is -0.767. The molecule has 42 heavy (non-hydrogen) atoms. The molecule has 0 saturated carbocycles. The molecule has 10 heteroatoms. The second kappa shape index (κ2) is 10.3. The molecule has 0 aromatic heterocycles. The van der Waals surface area contributed by atoms with Gasteiger partial charge in [0.25, 0.3) is 0 Å². The number of ketones is 2. The molecule has 2 fully saturated rings. The summed E-state index contributed by atoms with van der Waals surface area (Å²) in [4.78, 5) is 58.1. The second-order valence-corrected chi connectivity index (χ2v) is 12.5. The van der Waals surface area contributed by atoms with Crippen LogP contribution < -0.4 is 9.80 Å². The largest absolute Gasteiger partial charge is 0.508 e. The summed E-state index contributed by atoms with van der Waals surface area (Å²) in [7, 11) is 0. The van der Waals surface area contributed by atoms with E-state index in [0.29, 0.717) is 41.5 Å². The van der Waals surface area contributed by atoms with E-state index in [1.54, 1.807) is 24.3 Å². The number of anilines is 2. The zero-order valence-corrected chi connectivity index (χ0v) is 24.7. The summed E-state index contributed by atoms with van der Waals surface area (Å²) < 4.78 is 5.59. The van der Waals surface area contributed by atoms with Crippen LogP contribution in [-0.2, 0) is 23.9 Å². The van der Waals surface area contributed by atoms with E-state index in [0.717, 1.165) is 24.4 Å². The predicted octanol–water partition coefficient (Wildman–Crippen LogP) is 4.85. The third-order valence-corrected chi connectivity index (χ3v) is 9.94. The van der Waals surface area contributed by atoms with Gasteiger partial charge in [-0.15, -0.1) is 0 Å². The number of allylic oxidation sites excluding steroid dienone is 6. The average molecular weight is 650 g/mol. The Morgan fingerprint density at radius 3 is 2.38 bits per heavy atom. The predicted molar refractivity (Wildman–Crippen MR) is 160 cm³/mol. The summed E-state index contributed by atoms with van der Waals surface area (Å²) in [6.45, 7) is 2.85. The Kier molecular flexibility index (Phi) is 6.72. The molecular weight excluding hydrogens is 624 g/mol. The summed E-state index contributed by atoms with van der Waals surface area (Å²) in [5.41, 5.74) is 3.24. The van der Waals surface area contributed by atoms with Crippen LogP contribution in [0, 0.1) is 17.8 Å². The lowest BCUT2D eigenvalue weighted by Gasteiger charge is -2.42. The number of imide groups is 1. The molecule has 0 bridgehead atoms. The fraction of sp³-hybridized carbons (Fsp3) is 0.312. The highest BCUT2D eigenvalue weighted by Crippen LogP contribution is 2.56. The van der Waals surface area contributed by atoms with Crippen LogP contribution in [-0.4, -0.2) is 54.8 Å². The summed E-state index contributed by atoms with van der Waals surface area (Å²) >= 11 is 9.55. The number of hydrogen-bond donors (Lipinski definition) is 1. The van der Waals surface area contributed by atoms with Gasteiger partial charge in [0.1, 0.15) is 5.75 Å². The van der Waals surface area contributed by atoms with E-state index < -0.39 is 23.7 Å². The van der Waals surface area contributed by atoms with Crippen molar-refractivity contribution in [2.45, 2.75) is 18.8 Å². The highest BCUT2D eigenvalue weighted by atomic mass is 79.9. The molecule has 0 spiro atoms. The molecule has 2 heterocycles. The fourth-order valence-corrected chi connectivity index (χ4v) is 7.83. The zero-order chi connectivity index (χ0) is 29.3. The highest BCUT2D eigenvalue weighted by Gasteiger charge is 2.57. The second-order valence-electron chi connectivity index (χ2n) is 11.2. The van der Waals surface area contributed by atoms with Gasteiger partial charge in [0.05, 0.1) is 35.2 Å². The number of benzene rings is 2. The van der Waals surface area contributed by atoms with Crippen molar-refractivity contribution in [1.82, 2.24) is 0 Å². The number of morpholine rings is 1. The molecule has 2 amide bonds. The number of rotatable bonds is 3. The Bertz CT molecular complexity index is 1660. The molecule has 4 atom stereocenters. The van der Waals surface area contributed by atoms with Crippen molar-refractivity contribution in [2.75, 3.05) is 36.1 Å². The van der Waals surface area contributed by atoms with Crippen LogP contribution in [0.15, 0.2) is 75.8 Å². The summed E-state index contributed by atoms with van der Waals surface area (Å²) in [6.07, 6.45) is 3.64. The number of hydrogen-bond acceptors (Lipinski definition) is 7. The van der Waals surface area contributed by atoms with Gasteiger partial charge >= 0.3 is 0 Å². The number of halogens is 2. The van der Waals surface area contributed by atoms with Crippen molar-refractivity contribution in [2.24, 2.45) is 17.8 Å². The molecule has 7 rings (SSSR count). The van der Waals surface area contributed by atoms with Gasteiger partial charge in [-0.2, -0.15) is 0 Å². The van der Waals surface area contributed by atoms with E-state index in [4.69, 9.17) is 16.3 Å². The quantitative estimate of drug-likeness (QED) is 0.288. The molecule has 8 nitrogen and oxygen atoms in total. The first-order valence-corrected chi connectivity index (χ1v) is 15.1. The number of phenols is 1. The number of amides is 2. The number of carbonyl (C=O) groups is 4. The van der Waals surface area contributed by atoms with Crippen molar-refractivity contribution in [1.29, 1.82) is 0 Å². The van der Waals surface area contributed by atoms with Crippen LogP contribution in [0.1, 0.15) is 24.3 Å². The smallest absolute Gasteiger partial charge is 0.238 e. The molecule has 3 aliphatic carbocycles. The molecular formula is C32H26BrClN2O6. The van der Waals surface area contributed by atoms with Crippen molar-refractivity contribution >= 4 is 62.3 Å². The van der Waals surface area contributed by atoms with Gasteiger partial charge in [0.2, 0.25) is 11.8 Å². The molecule has 214 valence electrons. The number of Topliss-reactive ketones (excluding diaryl/α,β-unsaturated/α-hetero) is 1. The van der Waals surface area contributed by atoms with Gasteiger partial charge < -0.3 is 14.7 Å². The lowest BCUT2D eigenvalue weighted by Crippen LogP contribution is -2.39. The maximum atomic E-state index is 14.1. The zero-order valence-electron chi connectivity index (χ0n) is 22.4. The highest BCUT2D eigenvalue weighted by molar-refractivity contribution is 9.12. The summed E-state index contributed by atoms with van der Waals surface area (Å²) in [6, 6.07) is 12.0. The van der Waals surface area contributed by atoms with Gasteiger partial charge in [0, 0.05) is 52.5 Å².